The van der Waals surface area contributed by atoms with E-state index in [-0.39, 0.29) is 29.5 Å². The standard InChI is InChI=1S/C22H19BrN2O6S/c1-3-30-22(27)20-16(14-5-4-6-15(10-14)25(28)29)12-32-21(20)24-19(26)11-31-18-8-7-13(2)9-17(18)23/h4-10,12H,3,11H2,1-2H3,(H,24,26). The van der Waals surface area contributed by atoms with Crippen LogP contribution in [0, 0.1) is 17.0 Å². The molecule has 2 aromatic carbocycles. The molecule has 1 N–H and O–H groups in total. The smallest absolute Gasteiger partial charge is 0.341 e. The predicted octanol–water partition coefficient (Wildman–Crippen LogP) is 5.59. The number of non-ortho nitro benzene ring substituents is 1. The van der Waals surface area contributed by atoms with Gasteiger partial charge in [-0.05, 0) is 53.0 Å². The molecule has 0 bridgehead atoms. The number of aryl methyl sites for hydroxylation is 1. The van der Waals surface area contributed by atoms with Gasteiger partial charge in [-0.2, -0.15) is 0 Å². The van der Waals surface area contributed by atoms with Crippen LogP contribution in [0.15, 0.2) is 52.3 Å². The van der Waals surface area contributed by atoms with Crippen LogP contribution in [0.5, 0.6) is 5.75 Å². The molecule has 0 aliphatic heterocycles. The number of carbonyl (C=O) groups excluding carboxylic acids is 2. The van der Waals surface area contributed by atoms with Gasteiger partial charge in [0.25, 0.3) is 11.6 Å². The lowest BCUT2D eigenvalue weighted by atomic mass is 10.0. The van der Waals surface area contributed by atoms with Gasteiger partial charge in [0.2, 0.25) is 0 Å². The fourth-order valence-corrected chi connectivity index (χ4v) is 4.47. The minimum absolute atomic E-state index is 0.105. The maximum atomic E-state index is 12.6. The lowest BCUT2D eigenvalue weighted by Gasteiger charge is -2.10. The summed E-state index contributed by atoms with van der Waals surface area (Å²) in [7, 11) is 0. The highest BCUT2D eigenvalue weighted by molar-refractivity contribution is 9.10. The van der Waals surface area contributed by atoms with E-state index in [0.717, 1.165) is 21.4 Å². The topological polar surface area (TPSA) is 108 Å². The lowest BCUT2D eigenvalue weighted by molar-refractivity contribution is -0.384. The molecule has 0 aliphatic carbocycles. The van der Waals surface area contributed by atoms with Crippen LogP contribution in [0.25, 0.3) is 11.1 Å². The zero-order chi connectivity index (χ0) is 23.3. The van der Waals surface area contributed by atoms with Crippen molar-refractivity contribution in [3.8, 4) is 16.9 Å². The Hall–Kier alpha value is -3.24. The molecule has 1 amide bonds. The largest absolute Gasteiger partial charge is 0.483 e. The van der Waals surface area contributed by atoms with Gasteiger partial charge >= 0.3 is 5.97 Å². The van der Waals surface area contributed by atoms with Gasteiger partial charge in [-0.25, -0.2) is 4.79 Å². The van der Waals surface area contributed by atoms with E-state index in [0.29, 0.717) is 16.9 Å². The van der Waals surface area contributed by atoms with Crippen LogP contribution < -0.4 is 10.1 Å². The second-order valence-electron chi connectivity index (χ2n) is 6.65. The lowest BCUT2D eigenvalue weighted by Crippen LogP contribution is -2.21. The molecule has 0 fully saturated rings. The SMILES string of the molecule is CCOC(=O)c1c(-c2cccc([N+](=O)[O-])c2)csc1NC(=O)COc1ccc(C)cc1Br. The van der Waals surface area contributed by atoms with Crippen LogP contribution in [0.3, 0.4) is 0 Å². The monoisotopic (exact) mass is 518 g/mol. The molecule has 8 nitrogen and oxygen atoms in total. The molecule has 0 unspecified atom stereocenters. The van der Waals surface area contributed by atoms with E-state index in [2.05, 4.69) is 21.2 Å². The summed E-state index contributed by atoms with van der Waals surface area (Å²) in [4.78, 5) is 35.8. The highest BCUT2D eigenvalue weighted by Gasteiger charge is 2.24. The van der Waals surface area contributed by atoms with Crippen molar-refractivity contribution in [1.29, 1.82) is 0 Å². The second kappa shape index (κ2) is 10.4. The molecule has 0 saturated carbocycles. The zero-order valence-corrected chi connectivity index (χ0v) is 19.6. The summed E-state index contributed by atoms with van der Waals surface area (Å²) >= 11 is 4.52. The number of anilines is 1. The Bertz CT molecular complexity index is 1180. The Balaban J connectivity index is 1.84. The van der Waals surface area contributed by atoms with Gasteiger partial charge in [-0.1, -0.05) is 18.2 Å². The van der Waals surface area contributed by atoms with Crippen molar-refractivity contribution in [3.63, 3.8) is 0 Å². The third kappa shape index (κ3) is 5.51. The van der Waals surface area contributed by atoms with Crippen LogP contribution in [0.1, 0.15) is 22.8 Å². The summed E-state index contributed by atoms with van der Waals surface area (Å²) in [6, 6.07) is 11.4. The number of hydrogen-bond donors (Lipinski definition) is 1. The van der Waals surface area contributed by atoms with Crippen LogP contribution in [-0.2, 0) is 9.53 Å². The Labute approximate surface area is 196 Å². The average molecular weight is 519 g/mol. The second-order valence-corrected chi connectivity index (χ2v) is 8.39. The van der Waals surface area contributed by atoms with Crippen LogP contribution >= 0.6 is 27.3 Å². The zero-order valence-electron chi connectivity index (χ0n) is 17.2. The number of hydrogen-bond acceptors (Lipinski definition) is 7. The fourth-order valence-electron chi connectivity index (χ4n) is 2.88. The number of thiophene rings is 1. The summed E-state index contributed by atoms with van der Waals surface area (Å²) in [5.41, 5.74) is 1.99. The van der Waals surface area contributed by atoms with E-state index < -0.39 is 16.8 Å². The Kier molecular flexibility index (Phi) is 7.60. The summed E-state index contributed by atoms with van der Waals surface area (Å²) in [5, 5.41) is 15.7. The van der Waals surface area contributed by atoms with E-state index >= 15 is 0 Å². The number of halogens is 1. The van der Waals surface area contributed by atoms with E-state index in [1.165, 1.54) is 18.2 Å². The summed E-state index contributed by atoms with van der Waals surface area (Å²) < 4.78 is 11.4. The molecule has 1 aromatic heterocycles. The van der Waals surface area contributed by atoms with Crippen molar-refractivity contribution in [2.45, 2.75) is 13.8 Å². The number of ether oxygens (including phenoxy) is 2. The van der Waals surface area contributed by atoms with Gasteiger partial charge in [0, 0.05) is 23.1 Å². The highest BCUT2D eigenvalue weighted by Crippen LogP contribution is 2.37. The highest BCUT2D eigenvalue weighted by atomic mass is 79.9. The molecular formula is C22H19BrN2O6S. The number of nitro groups is 1. The van der Waals surface area contributed by atoms with E-state index in [9.17, 15) is 19.7 Å². The molecule has 32 heavy (non-hydrogen) atoms. The van der Waals surface area contributed by atoms with Crippen LogP contribution in [0.2, 0.25) is 0 Å². The first kappa shape index (κ1) is 23.4. The number of nitrogens with one attached hydrogen (secondary N) is 1. The molecule has 3 rings (SSSR count). The predicted molar refractivity (Wildman–Crippen MR) is 125 cm³/mol. The van der Waals surface area contributed by atoms with Gasteiger partial charge in [-0.3, -0.25) is 14.9 Å². The van der Waals surface area contributed by atoms with Gasteiger partial charge in [0.05, 0.1) is 16.0 Å². The number of carbonyl (C=O) groups is 2. The van der Waals surface area contributed by atoms with Crippen molar-refractivity contribution >= 4 is 49.8 Å². The number of nitrogens with zero attached hydrogens (tertiary/aromatic N) is 1. The first-order chi connectivity index (χ1) is 15.3. The Morgan fingerprint density at radius 1 is 1.22 bits per heavy atom. The van der Waals surface area contributed by atoms with Crippen molar-refractivity contribution in [3.05, 3.63) is 73.6 Å². The van der Waals surface area contributed by atoms with Gasteiger partial charge in [-0.15, -0.1) is 11.3 Å². The third-order valence-corrected chi connectivity index (χ3v) is 5.85. The first-order valence-electron chi connectivity index (χ1n) is 9.52. The molecule has 10 heteroatoms. The van der Waals surface area contributed by atoms with Crippen molar-refractivity contribution in [2.75, 3.05) is 18.5 Å². The number of esters is 1. The summed E-state index contributed by atoms with van der Waals surface area (Å²) in [6.07, 6.45) is 0. The van der Waals surface area contributed by atoms with Crippen molar-refractivity contribution in [2.24, 2.45) is 0 Å². The Morgan fingerprint density at radius 3 is 2.69 bits per heavy atom. The maximum Gasteiger partial charge on any atom is 0.341 e. The molecule has 0 radical (unpaired) electrons. The minimum Gasteiger partial charge on any atom is -0.483 e. The number of amides is 1. The van der Waals surface area contributed by atoms with Gasteiger partial charge in [0.15, 0.2) is 6.61 Å². The fraction of sp³-hybridized carbons (Fsp3) is 0.182. The molecular weight excluding hydrogens is 500 g/mol. The molecule has 3 aromatic rings. The molecule has 0 saturated heterocycles. The average Bonchev–Trinajstić information content (AvgIpc) is 3.17. The third-order valence-electron chi connectivity index (χ3n) is 4.34. The summed E-state index contributed by atoms with van der Waals surface area (Å²) in [6.45, 7) is 3.48. The maximum absolute atomic E-state index is 12.6. The first-order valence-corrected chi connectivity index (χ1v) is 11.2. The van der Waals surface area contributed by atoms with E-state index in [4.69, 9.17) is 9.47 Å². The molecule has 0 aliphatic rings. The number of nitro benzene ring substituents is 1. The van der Waals surface area contributed by atoms with E-state index in [1.807, 2.05) is 19.1 Å². The molecule has 0 atom stereocenters. The van der Waals surface area contributed by atoms with Crippen LogP contribution in [-0.4, -0.2) is 30.0 Å². The van der Waals surface area contributed by atoms with Gasteiger partial charge < -0.3 is 14.8 Å². The van der Waals surface area contributed by atoms with E-state index in [1.54, 1.807) is 24.4 Å². The molecule has 1 heterocycles. The van der Waals surface area contributed by atoms with Crippen molar-refractivity contribution < 1.29 is 24.0 Å². The summed E-state index contributed by atoms with van der Waals surface area (Å²) in [5.74, 6) is -0.581. The quantitative estimate of drug-likeness (QED) is 0.236. The molecule has 0 spiro atoms. The van der Waals surface area contributed by atoms with Crippen LogP contribution in [0.4, 0.5) is 10.7 Å². The Morgan fingerprint density at radius 2 is 2.00 bits per heavy atom. The normalized spacial score (nSPS) is 10.5. The van der Waals surface area contributed by atoms with Crippen molar-refractivity contribution in [1.82, 2.24) is 0 Å². The number of benzene rings is 2. The minimum atomic E-state index is -0.632. The van der Waals surface area contributed by atoms with Gasteiger partial charge in [0.1, 0.15) is 16.3 Å². The molecule has 166 valence electrons. The number of rotatable bonds is 8.